The van der Waals surface area contributed by atoms with Crippen LogP contribution in [0.2, 0.25) is 0 Å². The lowest BCUT2D eigenvalue weighted by atomic mass is 10.2. The summed E-state index contributed by atoms with van der Waals surface area (Å²) in [6, 6.07) is 2.52. The van der Waals surface area contributed by atoms with Gasteiger partial charge >= 0.3 is 12.1 Å². The fraction of sp³-hybridized carbons (Fsp3) is 0.583. The van der Waals surface area contributed by atoms with Crippen LogP contribution in [0.15, 0.2) is 12.3 Å². The molecule has 0 radical (unpaired) electrons. The predicted octanol–water partition coefficient (Wildman–Crippen LogP) is 1.22. The first-order chi connectivity index (χ1) is 9.70. The van der Waals surface area contributed by atoms with Gasteiger partial charge in [-0.05, 0) is 19.9 Å². The van der Waals surface area contributed by atoms with E-state index in [0.717, 1.165) is 31.3 Å². The molecule has 1 aliphatic rings. The number of alkyl halides is 3. The average molecular weight is 306 g/mol. The fourth-order valence-corrected chi connectivity index (χ4v) is 1.76. The largest absolute Gasteiger partial charge is 0.490 e. The molecule has 0 aromatic carbocycles. The molecule has 1 aliphatic heterocycles. The summed E-state index contributed by atoms with van der Waals surface area (Å²) < 4.78 is 31.7. The monoisotopic (exact) mass is 306 g/mol. The number of aryl methyl sites for hydroxylation is 1. The minimum atomic E-state index is -5.08. The lowest BCUT2D eigenvalue weighted by Crippen LogP contribution is -2.49. The number of halogens is 3. The zero-order valence-corrected chi connectivity index (χ0v) is 11.7. The second-order valence-corrected chi connectivity index (χ2v) is 4.57. The molecular weight excluding hydrogens is 289 g/mol. The summed E-state index contributed by atoms with van der Waals surface area (Å²) in [5, 5.41) is 10.5. The number of nitrogens with zero attached hydrogens (tertiary/aromatic N) is 3. The van der Waals surface area contributed by atoms with E-state index in [9.17, 15) is 13.2 Å². The van der Waals surface area contributed by atoms with Gasteiger partial charge in [0.05, 0.1) is 0 Å². The first-order valence-corrected chi connectivity index (χ1v) is 6.28. The van der Waals surface area contributed by atoms with Gasteiger partial charge < -0.3 is 15.3 Å². The summed E-state index contributed by atoms with van der Waals surface area (Å²) in [5.74, 6) is -0.868. The van der Waals surface area contributed by atoms with Gasteiger partial charge in [0.2, 0.25) is 0 Å². The van der Waals surface area contributed by atoms with Crippen LogP contribution < -0.4 is 10.2 Å². The number of anilines is 1. The lowest BCUT2D eigenvalue weighted by Gasteiger charge is -2.32. The summed E-state index contributed by atoms with van der Waals surface area (Å²) in [4.78, 5) is 19.7. The van der Waals surface area contributed by atoms with Crippen molar-refractivity contribution in [1.29, 1.82) is 0 Å². The van der Waals surface area contributed by atoms with Crippen molar-refractivity contribution in [2.24, 2.45) is 0 Å². The van der Waals surface area contributed by atoms with Gasteiger partial charge in [-0.2, -0.15) is 13.2 Å². The molecule has 0 spiro atoms. The second kappa shape index (κ2) is 7.21. The molecule has 0 amide bonds. The molecule has 21 heavy (non-hydrogen) atoms. The van der Waals surface area contributed by atoms with Crippen LogP contribution in [-0.4, -0.2) is 52.9 Å². The molecule has 2 rings (SSSR count). The van der Waals surface area contributed by atoms with E-state index in [0.29, 0.717) is 6.04 Å². The highest BCUT2D eigenvalue weighted by Gasteiger charge is 2.38. The maximum Gasteiger partial charge on any atom is 0.490 e. The number of carboxylic acids is 1. The lowest BCUT2D eigenvalue weighted by molar-refractivity contribution is -0.192. The number of piperazine rings is 1. The molecular formula is C12H17F3N4O2. The van der Waals surface area contributed by atoms with E-state index >= 15 is 0 Å². The van der Waals surface area contributed by atoms with Gasteiger partial charge in [-0.1, -0.05) is 0 Å². The molecule has 9 heteroatoms. The SMILES string of the molecule is Cc1nccc(N2CCNC(C)C2)n1.O=C(O)C(F)(F)F. The van der Waals surface area contributed by atoms with Crippen LogP contribution in [0.1, 0.15) is 12.7 Å². The summed E-state index contributed by atoms with van der Waals surface area (Å²) >= 11 is 0. The third kappa shape index (κ3) is 5.94. The molecule has 6 nitrogen and oxygen atoms in total. The Bertz CT molecular complexity index is 482. The van der Waals surface area contributed by atoms with Gasteiger partial charge in [-0.25, -0.2) is 14.8 Å². The quantitative estimate of drug-likeness (QED) is 0.812. The van der Waals surface area contributed by atoms with Crippen LogP contribution in [0, 0.1) is 6.92 Å². The third-order valence-electron chi connectivity index (χ3n) is 2.70. The standard InChI is InChI=1S/C10H16N4.C2HF3O2/c1-8-7-14(6-5-11-8)10-3-4-12-9(2)13-10;3-2(4,5)1(6)7/h3-4,8,11H,5-7H2,1-2H3;(H,6,7). The average Bonchev–Trinajstić information content (AvgIpc) is 2.38. The Labute approximate surface area is 120 Å². The number of rotatable bonds is 1. The molecule has 118 valence electrons. The van der Waals surface area contributed by atoms with Crippen molar-refractivity contribution in [2.45, 2.75) is 26.1 Å². The van der Waals surface area contributed by atoms with Gasteiger partial charge in [0, 0.05) is 31.9 Å². The molecule has 1 fully saturated rings. The van der Waals surface area contributed by atoms with E-state index in [-0.39, 0.29) is 0 Å². The van der Waals surface area contributed by atoms with E-state index in [1.165, 1.54) is 0 Å². The molecule has 2 heterocycles. The fourth-order valence-electron chi connectivity index (χ4n) is 1.76. The highest BCUT2D eigenvalue weighted by Crippen LogP contribution is 2.13. The summed E-state index contributed by atoms with van der Waals surface area (Å²) in [6.45, 7) is 7.21. The van der Waals surface area contributed by atoms with E-state index < -0.39 is 12.1 Å². The minimum absolute atomic E-state index is 0.541. The Morgan fingerprint density at radius 2 is 2.14 bits per heavy atom. The molecule has 1 saturated heterocycles. The van der Waals surface area contributed by atoms with Gasteiger partial charge in [0.1, 0.15) is 11.6 Å². The van der Waals surface area contributed by atoms with Gasteiger partial charge in [0.15, 0.2) is 0 Å². The van der Waals surface area contributed by atoms with Gasteiger partial charge in [-0.15, -0.1) is 0 Å². The molecule has 0 bridgehead atoms. The number of carboxylic acid groups (broad SMARTS) is 1. The molecule has 2 N–H and O–H groups in total. The smallest absolute Gasteiger partial charge is 0.475 e. The number of carbonyl (C=O) groups is 1. The van der Waals surface area contributed by atoms with Crippen LogP contribution >= 0.6 is 0 Å². The van der Waals surface area contributed by atoms with Gasteiger partial charge in [0.25, 0.3) is 0 Å². The molecule has 0 aliphatic carbocycles. The van der Waals surface area contributed by atoms with Crippen molar-refractivity contribution in [2.75, 3.05) is 24.5 Å². The Morgan fingerprint density at radius 1 is 1.52 bits per heavy atom. The van der Waals surface area contributed by atoms with E-state index in [1.54, 1.807) is 0 Å². The number of aromatic nitrogens is 2. The van der Waals surface area contributed by atoms with Gasteiger partial charge in [-0.3, -0.25) is 0 Å². The Kier molecular flexibility index (Phi) is 5.89. The predicted molar refractivity (Wildman–Crippen MR) is 70.1 cm³/mol. The zero-order valence-electron chi connectivity index (χ0n) is 11.7. The summed E-state index contributed by atoms with van der Waals surface area (Å²) in [6.07, 6.45) is -3.26. The first-order valence-electron chi connectivity index (χ1n) is 6.28. The van der Waals surface area contributed by atoms with Crippen molar-refractivity contribution >= 4 is 11.8 Å². The first kappa shape index (κ1) is 17.2. The summed E-state index contributed by atoms with van der Waals surface area (Å²) in [5.41, 5.74) is 0. The molecule has 1 unspecified atom stereocenters. The topological polar surface area (TPSA) is 78.4 Å². The maximum absolute atomic E-state index is 10.6. The van der Waals surface area contributed by atoms with Crippen molar-refractivity contribution in [1.82, 2.24) is 15.3 Å². The zero-order chi connectivity index (χ0) is 16.0. The highest BCUT2D eigenvalue weighted by molar-refractivity contribution is 5.73. The van der Waals surface area contributed by atoms with Crippen LogP contribution in [-0.2, 0) is 4.79 Å². The minimum Gasteiger partial charge on any atom is -0.475 e. The Morgan fingerprint density at radius 3 is 2.62 bits per heavy atom. The number of nitrogens with one attached hydrogen (secondary N) is 1. The third-order valence-corrected chi connectivity index (χ3v) is 2.70. The Hall–Kier alpha value is -1.90. The van der Waals surface area contributed by atoms with Crippen LogP contribution in [0.3, 0.4) is 0 Å². The van der Waals surface area contributed by atoms with Crippen molar-refractivity contribution in [3.05, 3.63) is 18.1 Å². The maximum atomic E-state index is 10.6. The van der Waals surface area contributed by atoms with Crippen molar-refractivity contribution in [3.8, 4) is 0 Å². The van der Waals surface area contributed by atoms with E-state index in [1.807, 2.05) is 19.2 Å². The van der Waals surface area contributed by atoms with Crippen molar-refractivity contribution < 1.29 is 23.1 Å². The van der Waals surface area contributed by atoms with Crippen molar-refractivity contribution in [3.63, 3.8) is 0 Å². The van der Waals surface area contributed by atoms with Crippen LogP contribution in [0.5, 0.6) is 0 Å². The number of aliphatic carboxylic acids is 1. The molecule has 1 atom stereocenters. The van der Waals surface area contributed by atoms with Crippen LogP contribution in [0.25, 0.3) is 0 Å². The Balaban J connectivity index is 0.000000270. The van der Waals surface area contributed by atoms with E-state index in [4.69, 9.17) is 9.90 Å². The number of hydrogen-bond acceptors (Lipinski definition) is 5. The van der Waals surface area contributed by atoms with Crippen LogP contribution in [0.4, 0.5) is 19.0 Å². The summed E-state index contributed by atoms with van der Waals surface area (Å²) in [7, 11) is 0. The van der Waals surface area contributed by atoms with E-state index in [2.05, 4.69) is 27.1 Å². The highest BCUT2D eigenvalue weighted by atomic mass is 19.4. The molecule has 0 saturated carbocycles. The normalized spacial score (nSPS) is 18.7. The molecule has 1 aromatic heterocycles. The molecule has 1 aromatic rings. The number of hydrogen-bond donors (Lipinski definition) is 2. The second-order valence-electron chi connectivity index (χ2n) is 4.57.